The third-order valence-electron chi connectivity index (χ3n) is 2.89. The van der Waals surface area contributed by atoms with Crippen LogP contribution < -0.4 is 4.74 Å². The van der Waals surface area contributed by atoms with E-state index in [1.807, 2.05) is 18.2 Å². The van der Waals surface area contributed by atoms with Crippen LogP contribution in [-0.2, 0) is 6.61 Å². The summed E-state index contributed by atoms with van der Waals surface area (Å²) in [6.07, 6.45) is 5.15. The summed E-state index contributed by atoms with van der Waals surface area (Å²) < 4.78 is 25.4. The quantitative estimate of drug-likeness (QED) is 0.895. The summed E-state index contributed by atoms with van der Waals surface area (Å²) in [7, 11) is -2.78. The molecule has 1 aromatic heterocycles. The molecule has 0 unspecified atom stereocenters. The van der Waals surface area contributed by atoms with Crippen molar-refractivity contribution in [1.82, 2.24) is 4.98 Å². The molecule has 0 fully saturated rings. The Hall–Kier alpha value is -1.82. The van der Waals surface area contributed by atoms with Gasteiger partial charge in [-0.25, -0.2) is 0 Å². The summed E-state index contributed by atoms with van der Waals surface area (Å²) in [5.41, 5.74) is 1.71. The summed E-state index contributed by atoms with van der Waals surface area (Å²) in [5, 5.41) is 1.43. The van der Waals surface area contributed by atoms with Gasteiger partial charge in [0, 0.05) is 28.9 Å². The lowest BCUT2D eigenvalue weighted by Gasteiger charge is -2.25. The van der Waals surface area contributed by atoms with Gasteiger partial charge < -0.3 is 4.74 Å². The Kier molecular flexibility index (Phi) is 3.02. The lowest BCUT2D eigenvalue weighted by molar-refractivity contribution is 0.304. The van der Waals surface area contributed by atoms with Gasteiger partial charge >= 0.3 is 0 Å². The zero-order valence-electron chi connectivity index (χ0n) is 10.1. The minimum absolute atomic E-state index is 0.400. The van der Waals surface area contributed by atoms with Crippen LogP contribution in [0, 0.1) is 0 Å². The van der Waals surface area contributed by atoms with Gasteiger partial charge in [-0.3, -0.25) is 14.1 Å². The highest BCUT2D eigenvalue weighted by molar-refractivity contribution is 8.27. The van der Waals surface area contributed by atoms with Gasteiger partial charge in [-0.1, -0.05) is 12.1 Å². The molecule has 98 valence electrons. The fraction of sp³-hybridized carbons (Fsp3) is 0.0714. The van der Waals surface area contributed by atoms with E-state index in [1.54, 1.807) is 30.6 Å². The van der Waals surface area contributed by atoms with Gasteiger partial charge in [-0.2, -0.15) is 0 Å². The molecule has 1 aromatic carbocycles. The number of nitrogens with zero attached hydrogens (tertiary/aromatic N) is 1. The molecule has 3 rings (SSSR count). The average Bonchev–Trinajstić information content (AvgIpc) is 2.74. The normalized spacial score (nSPS) is 16.9. The molecule has 0 bridgehead atoms. The first-order valence-corrected chi connectivity index (χ1v) is 7.39. The minimum atomic E-state index is -2.78. The number of hydrogen-bond acceptors (Lipinski definition) is 4. The molecular weight excluding hydrogens is 262 g/mol. The van der Waals surface area contributed by atoms with Crippen LogP contribution in [-0.4, -0.2) is 14.1 Å². The predicted molar refractivity (Wildman–Crippen MR) is 75.2 cm³/mol. The molecule has 0 amide bonds. The van der Waals surface area contributed by atoms with Crippen LogP contribution in [0.25, 0.3) is 6.08 Å². The van der Waals surface area contributed by atoms with Crippen LogP contribution in [0.5, 0.6) is 5.75 Å². The van der Waals surface area contributed by atoms with E-state index < -0.39 is 10.6 Å². The SMILES string of the molecule is OS1(O)C=Cc2c(OCc3cccnc3)cccc21. The van der Waals surface area contributed by atoms with Crippen molar-refractivity contribution in [2.75, 3.05) is 0 Å². The summed E-state index contributed by atoms with van der Waals surface area (Å²) in [5.74, 6) is 0.648. The molecule has 1 aliphatic heterocycles. The Morgan fingerprint density at radius 3 is 2.84 bits per heavy atom. The molecule has 2 N–H and O–H groups in total. The predicted octanol–water partition coefficient (Wildman–Crippen LogP) is 3.75. The Bertz CT molecular complexity index is 626. The standard InChI is InChI=1S/C14H13NO3S/c16-19(17)8-6-12-13(4-1-5-14(12)19)18-10-11-3-2-7-15-9-11/h1-9,16-17H,10H2. The molecule has 5 heteroatoms. The first kappa shape index (κ1) is 12.2. The van der Waals surface area contributed by atoms with Crippen molar-refractivity contribution >= 4 is 16.7 Å². The highest BCUT2D eigenvalue weighted by Gasteiger charge is 2.23. The Morgan fingerprint density at radius 1 is 1.16 bits per heavy atom. The molecular formula is C14H13NO3S. The molecule has 0 aliphatic carbocycles. The van der Waals surface area contributed by atoms with Crippen molar-refractivity contribution in [2.24, 2.45) is 0 Å². The molecule has 19 heavy (non-hydrogen) atoms. The van der Waals surface area contributed by atoms with Crippen molar-refractivity contribution in [3.63, 3.8) is 0 Å². The molecule has 2 heterocycles. The second-order valence-electron chi connectivity index (χ2n) is 4.21. The van der Waals surface area contributed by atoms with Crippen LogP contribution in [0.1, 0.15) is 11.1 Å². The molecule has 0 spiro atoms. The monoisotopic (exact) mass is 275 g/mol. The summed E-state index contributed by atoms with van der Waals surface area (Å²) in [6.45, 7) is 0.400. The first-order valence-electron chi connectivity index (χ1n) is 5.78. The topological polar surface area (TPSA) is 62.6 Å². The molecule has 2 aromatic rings. The maximum atomic E-state index is 9.84. The number of benzene rings is 1. The number of aromatic nitrogens is 1. The number of fused-ring (bicyclic) bond motifs is 1. The number of pyridine rings is 1. The maximum absolute atomic E-state index is 9.84. The summed E-state index contributed by atoms with van der Waals surface area (Å²) >= 11 is 0. The van der Waals surface area contributed by atoms with E-state index in [-0.39, 0.29) is 0 Å². The summed E-state index contributed by atoms with van der Waals surface area (Å²) in [6, 6.07) is 9.07. The Morgan fingerprint density at radius 2 is 2.05 bits per heavy atom. The zero-order chi connectivity index (χ0) is 13.3. The Balaban J connectivity index is 1.84. The van der Waals surface area contributed by atoms with Gasteiger partial charge in [-0.15, -0.1) is 10.6 Å². The highest BCUT2D eigenvalue weighted by atomic mass is 32.3. The lowest BCUT2D eigenvalue weighted by atomic mass is 10.2. The van der Waals surface area contributed by atoms with E-state index in [0.29, 0.717) is 17.3 Å². The van der Waals surface area contributed by atoms with E-state index in [0.717, 1.165) is 11.1 Å². The van der Waals surface area contributed by atoms with Gasteiger partial charge in [-0.05, 0) is 24.3 Å². The van der Waals surface area contributed by atoms with Crippen molar-refractivity contribution in [2.45, 2.75) is 11.5 Å². The Labute approximate surface area is 112 Å². The van der Waals surface area contributed by atoms with Gasteiger partial charge in [0.15, 0.2) is 0 Å². The van der Waals surface area contributed by atoms with E-state index in [4.69, 9.17) is 4.74 Å². The van der Waals surface area contributed by atoms with Crippen LogP contribution in [0.4, 0.5) is 0 Å². The number of rotatable bonds is 3. The van der Waals surface area contributed by atoms with E-state index in [1.165, 1.54) is 5.41 Å². The van der Waals surface area contributed by atoms with Gasteiger partial charge in [0.05, 0.1) is 4.90 Å². The summed E-state index contributed by atoms with van der Waals surface area (Å²) in [4.78, 5) is 4.55. The van der Waals surface area contributed by atoms with Crippen molar-refractivity contribution in [3.8, 4) is 5.75 Å². The number of hydrogen-bond donors (Lipinski definition) is 2. The molecule has 4 nitrogen and oxygen atoms in total. The highest BCUT2D eigenvalue weighted by Crippen LogP contribution is 2.57. The third kappa shape index (κ3) is 2.35. The van der Waals surface area contributed by atoms with Crippen LogP contribution in [0.15, 0.2) is 53.0 Å². The zero-order valence-corrected chi connectivity index (χ0v) is 10.9. The average molecular weight is 275 g/mol. The second kappa shape index (κ2) is 4.70. The van der Waals surface area contributed by atoms with Crippen molar-refractivity contribution in [3.05, 3.63) is 59.3 Å². The van der Waals surface area contributed by atoms with E-state index >= 15 is 0 Å². The lowest BCUT2D eigenvalue weighted by Crippen LogP contribution is -1.99. The third-order valence-corrected chi connectivity index (χ3v) is 4.41. The maximum Gasteiger partial charge on any atom is 0.128 e. The van der Waals surface area contributed by atoms with Crippen molar-refractivity contribution < 1.29 is 13.8 Å². The van der Waals surface area contributed by atoms with Crippen LogP contribution in [0.2, 0.25) is 0 Å². The van der Waals surface area contributed by atoms with Gasteiger partial charge in [0.2, 0.25) is 0 Å². The minimum Gasteiger partial charge on any atom is -0.488 e. The van der Waals surface area contributed by atoms with Gasteiger partial charge in [0.1, 0.15) is 12.4 Å². The molecule has 0 saturated heterocycles. The molecule has 0 radical (unpaired) electrons. The fourth-order valence-electron chi connectivity index (χ4n) is 1.96. The number of ether oxygens (including phenoxy) is 1. The largest absolute Gasteiger partial charge is 0.488 e. The smallest absolute Gasteiger partial charge is 0.128 e. The van der Waals surface area contributed by atoms with Crippen LogP contribution >= 0.6 is 10.6 Å². The van der Waals surface area contributed by atoms with E-state index in [2.05, 4.69) is 4.98 Å². The molecule has 0 saturated carbocycles. The second-order valence-corrected chi connectivity index (χ2v) is 6.11. The van der Waals surface area contributed by atoms with E-state index in [9.17, 15) is 9.11 Å². The van der Waals surface area contributed by atoms with Crippen LogP contribution in [0.3, 0.4) is 0 Å². The van der Waals surface area contributed by atoms with Crippen molar-refractivity contribution in [1.29, 1.82) is 0 Å². The van der Waals surface area contributed by atoms with Gasteiger partial charge in [0.25, 0.3) is 0 Å². The molecule has 1 aliphatic rings. The first-order chi connectivity index (χ1) is 9.17. The molecule has 0 atom stereocenters. The fourth-order valence-corrected chi connectivity index (χ4v) is 3.20.